The van der Waals surface area contributed by atoms with Gasteiger partial charge >= 0.3 is 11.9 Å². The van der Waals surface area contributed by atoms with Crippen LogP contribution in [0.15, 0.2) is 24.3 Å². The molecule has 0 aliphatic rings. The average Bonchev–Trinajstić information content (AvgIpc) is 2.35. The van der Waals surface area contributed by atoms with Gasteiger partial charge in [0.25, 0.3) is 0 Å². The second-order valence-corrected chi connectivity index (χ2v) is 4.23. The van der Waals surface area contributed by atoms with Crippen molar-refractivity contribution in [3.8, 4) is 5.75 Å². The Morgan fingerprint density at radius 1 is 1.21 bits per heavy atom. The molecule has 19 heavy (non-hydrogen) atoms. The molecule has 1 aromatic rings. The Kier molecular flexibility index (Phi) is 5.85. The first-order chi connectivity index (χ1) is 9.01. The summed E-state index contributed by atoms with van der Waals surface area (Å²) in [4.78, 5) is 22.3. The fraction of sp³-hybridized carbons (Fsp3) is 0.429. The van der Waals surface area contributed by atoms with Crippen molar-refractivity contribution in [3.63, 3.8) is 0 Å². The van der Waals surface area contributed by atoms with Crippen LogP contribution in [0.5, 0.6) is 5.75 Å². The molecule has 1 rings (SSSR count). The molecule has 0 unspecified atom stereocenters. The summed E-state index contributed by atoms with van der Waals surface area (Å²) >= 11 is 0. The monoisotopic (exact) mass is 266 g/mol. The molecule has 1 aromatic carbocycles. The average molecular weight is 266 g/mol. The lowest BCUT2D eigenvalue weighted by molar-refractivity contribution is -0.156. The van der Waals surface area contributed by atoms with E-state index in [1.165, 1.54) is 7.11 Å². The largest absolute Gasteiger partial charge is 0.491 e. The molecule has 0 bridgehead atoms. The van der Waals surface area contributed by atoms with Crippen molar-refractivity contribution in [1.29, 1.82) is 0 Å². The maximum Gasteiger partial charge on any atom is 0.344 e. The third-order valence-electron chi connectivity index (χ3n) is 2.20. The molecule has 0 heterocycles. The summed E-state index contributed by atoms with van der Waals surface area (Å²) in [6.07, 6.45) is 0.160. The Hall–Kier alpha value is -2.04. The van der Waals surface area contributed by atoms with Crippen molar-refractivity contribution in [1.82, 2.24) is 0 Å². The molecule has 104 valence electrons. The van der Waals surface area contributed by atoms with Crippen LogP contribution in [0.25, 0.3) is 0 Å². The Morgan fingerprint density at radius 2 is 1.95 bits per heavy atom. The number of carbonyl (C=O) groups excluding carboxylic acids is 2. The Morgan fingerprint density at radius 3 is 2.58 bits per heavy atom. The summed E-state index contributed by atoms with van der Waals surface area (Å²) in [6, 6.07) is 7.20. The zero-order valence-corrected chi connectivity index (χ0v) is 11.3. The molecular formula is C14H18O5. The van der Waals surface area contributed by atoms with E-state index in [4.69, 9.17) is 9.47 Å². The van der Waals surface area contributed by atoms with Crippen molar-refractivity contribution >= 4 is 11.9 Å². The number of hydrogen-bond donors (Lipinski definition) is 0. The summed E-state index contributed by atoms with van der Waals surface area (Å²) in [7, 11) is 1.24. The van der Waals surface area contributed by atoms with Gasteiger partial charge in [0.05, 0.1) is 19.6 Å². The molecule has 0 amide bonds. The van der Waals surface area contributed by atoms with E-state index in [1.54, 1.807) is 18.2 Å². The van der Waals surface area contributed by atoms with Crippen LogP contribution in [0.1, 0.15) is 19.4 Å². The van der Waals surface area contributed by atoms with Crippen LogP contribution in [0.4, 0.5) is 0 Å². The van der Waals surface area contributed by atoms with Crippen molar-refractivity contribution in [2.45, 2.75) is 26.4 Å². The fourth-order valence-electron chi connectivity index (χ4n) is 1.42. The van der Waals surface area contributed by atoms with E-state index < -0.39 is 11.9 Å². The first-order valence-electron chi connectivity index (χ1n) is 5.99. The zero-order chi connectivity index (χ0) is 14.3. The molecule has 0 aliphatic carbocycles. The van der Waals surface area contributed by atoms with E-state index in [0.717, 1.165) is 5.56 Å². The quantitative estimate of drug-likeness (QED) is 0.734. The van der Waals surface area contributed by atoms with Gasteiger partial charge in [-0.1, -0.05) is 12.1 Å². The number of carbonyl (C=O) groups is 2. The summed E-state index contributed by atoms with van der Waals surface area (Å²) in [5.41, 5.74) is 0.771. The second kappa shape index (κ2) is 7.41. The van der Waals surface area contributed by atoms with Gasteiger partial charge in [-0.3, -0.25) is 4.79 Å². The highest BCUT2D eigenvalue weighted by Gasteiger charge is 2.09. The van der Waals surface area contributed by atoms with Crippen LogP contribution < -0.4 is 4.74 Å². The molecule has 0 aromatic heterocycles. The lowest BCUT2D eigenvalue weighted by Gasteiger charge is -2.10. The molecule has 0 saturated heterocycles. The van der Waals surface area contributed by atoms with Gasteiger partial charge in [0.1, 0.15) is 5.75 Å². The molecular weight excluding hydrogens is 248 g/mol. The van der Waals surface area contributed by atoms with Gasteiger partial charge in [-0.15, -0.1) is 0 Å². The third-order valence-corrected chi connectivity index (χ3v) is 2.20. The lowest BCUT2D eigenvalue weighted by atomic mass is 10.1. The van der Waals surface area contributed by atoms with Gasteiger partial charge in [0, 0.05) is 0 Å². The second-order valence-electron chi connectivity index (χ2n) is 4.23. The van der Waals surface area contributed by atoms with E-state index in [2.05, 4.69) is 4.74 Å². The Labute approximate surface area is 112 Å². The van der Waals surface area contributed by atoms with Crippen LogP contribution >= 0.6 is 0 Å². The minimum Gasteiger partial charge on any atom is -0.491 e. The van der Waals surface area contributed by atoms with Crippen LogP contribution in [0.3, 0.4) is 0 Å². The predicted octanol–water partition coefficient (Wildman–Crippen LogP) is 1.73. The van der Waals surface area contributed by atoms with E-state index in [0.29, 0.717) is 5.75 Å². The SMILES string of the molecule is COC(=O)COC(=O)Cc1cccc(OC(C)C)c1. The van der Waals surface area contributed by atoms with Crippen LogP contribution in [-0.4, -0.2) is 31.8 Å². The van der Waals surface area contributed by atoms with Crippen molar-refractivity contribution in [2.24, 2.45) is 0 Å². The number of rotatable bonds is 6. The van der Waals surface area contributed by atoms with Crippen molar-refractivity contribution < 1.29 is 23.8 Å². The van der Waals surface area contributed by atoms with Crippen LogP contribution in [0.2, 0.25) is 0 Å². The highest BCUT2D eigenvalue weighted by atomic mass is 16.6. The van der Waals surface area contributed by atoms with E-state index in [-0.39, 0.29) is 19.1 Å². The number of hydrogen-bond acceptors (Lipinski definition) is 5. The third kappa shape index (κ3) is 5.90. The van der Waals surface area contributed by atoms with Gasteiger partial charge in [-0.2, -0.15) is 0 Å². The smallest absolute Gasteiger partial charge is 0.344 e. The van der Waals surface area contributed by atoms with Gasteiger partial charge in [-0.05, 0) is 31.5 Å². The molecule has 5 nitrogen and oxygen atoms in total. The van der Waals surface area contributed by atoms with E-state index in [9.17, 15) is 9.59 Å². The van der Waals surface area contributed by atoms with Gasteiger partial charge in [0.2, 0.25) is 0 Å². The topological polar surface area (TPSA) is 61.8 Å². The first kappa shape index (κ1) is 15.0. The Balaban J connectivity index is 2.52. The highest BCUT2D eigenvalue weighted by Crippen LogP contribution is 2.15. The molecule has 5 heteroatoms. The molecule has 0 fully saturated rings. The van der Waals surface area contributed by atoms with Gasteiger partial charge in [-0.25, -0.2) is 4.79 Å². The van der Waals surface area contributed by atoms with Gasteiger partial charge < -0.3 is 14.2 Å². The first-order valence-corrected chi connectivity index (χ1v) is 5.99. The highest BCUT2D eigenvalue weighted by molar-refractivity contribution is 5.77. The summed E-state index contributed by atoms with van der Waals surface area (Å²) < 4.78 is 14.7. The fourth-order valence-corrected chi connectivity index (χ4v) is 1.42. The molecule has 0 spiro atoms. The van der Waals surface area contributed by atoms with Crippen LogP contribution in [-0.2, 0) is 25.5 Å². The normalized spacial score (nSPS) is 10.1. The van der Waals surface area contributed by atoms with Crippen molar-refractivity contribution in [3.05, 3.63) is 29.8 Å². The number of benzene rings is 1. The minimum absolute atomic E-state index is 0.0709. The summed E-state index contributed by atoms with van der Waals surface area (Å²) in [5, 5.41) is 0. The van der Waals surface area contributed by atoms with Gasteiger partial charge in [0.15, 0.2) is 6.61 Å². The summed E-state index contributed by atoms with van der Waals surface area (Å²) in [6.45, 7) is 3.49. The minimum atomic E-state index is -0.578. The maximum absolute atomic E-state index is 11.5. The molecule has 0 atom stereocenters. The zero-order valence-electron chi connectivity index (χ0n) is 11.3. The molecule has 0 aliphatic heterocycles. The van der Waals surface area contributed by atoms with Crippen LogP contribution in [0, 0.1) is 0 Å². The molecule has 0 saturated carbocycles. The molecule has 0 N–H and O–H groups in total. The van der Waals surface area contributed by atoms with Crippen molar-refractivity contribution in [2.75, 3.05) is 13.7 Å². The number of methoxy groups -OCH3 is 1. The maximum atomic E-state index is 11.5. The summed E-state index contributed by atoms with van der Waals surface area (Å²) in [5.74, 6) is -0.356. The predicted molar refractivity (Wildman–Crippen MR) is 68.9 cm³/mol. The Bertz CT molecular complexity index is 439. The van der Waals surface area contributed by atoms with E-state index in [1.807, 2.05) is 19.9 Å². The molecule has 0 radical (unpaired) electrons. The number of esters is 2. The van der Waals surface area contributed by atoms with E-state index >= 15 is 0 Å². The standard InChI is InChI=1S/C14H18O5/c1-10(2)19-12-6-4-5-11(7-12)8-13(15)18-9-14(16)17-3/h4-7,10H,8-9H2,1-3H3. The lowest BCUT2D eigenvalue weighted by Crippen LogP contribution is -2.16. The number of ether oxygens (including phenoxy) is 3.